The third-order valence-corrected chi connectivity index (χ3v) is 3.79. The Hall–Kier alpha value is -1.46. The van der Waals surface area contributed by atoms with Crippen LogP contribution in [0.3, 0.4) is 0 Å². The van der Waals surface area contributed by atoms with Gasteiger partial charge in [-0.05, 0) is 37.1 Å². The van der Waals surface area contributed by atoms with Crippen LogP contribution >= 0.6 is 11.6 Å². The van der Waals surface area contributed by atoms with Crippen molar-refractivity contribution in [3.8, 4) is 11.5 Å². The second kappa shape index (κ2) is 8.86. The van der Waals surface area contributed by atoms with Crippen molar-refractivity contribution >= 4 is 17.5 Å². The van der Waals surface area contributed by atoms with Gasteiger partial charge in [0.1, 0.15) is 13.2 Å². The van der Waals surface area contributed by atoms with Gasteiger partial charge in [0.25, 0.3) is 0 Å². The molecule has 0 aromatic heterocycles. The summed E-state index contributed by atoms with van der Waals surface area (Å²) in [4.78, 5) is 11.8. The maximum atomic E-state index is 11.8. The highest BCUT2D eigenvalue weighted by atomic mass is 35.5. The molecule has 0 bridgehead atoms. The molecule has 1 aromatic carbocycles. The van der Waals surface area contributed by atoms with Gasteiger partial charge in [-0.25, -0.2) is 0 Å². The summed E-state index contributed by atoms with van der Waals surface area (Å²) < 4.78 is 11.0. The highest BCUT2D eigenvalue weighted by Crippen LogP contribution is 2.38. The molecule has 1 heterocycles. The summed E-state index contributed by atoms with van der Waals surface area (Å²) in [5.41, 5.74) is 6.34. The van der Waals surface area contributed by atoms with E-state index in [1.54, 1.807) is 6.07 Å². The molecule has 0 fully saturated rings. The maximum Gasteiger partial charge on any atom is 0.220 e. The van der Waals surface area contributed by atoms with Gasteiger partial charge in [0.15, 0.2) is 11.5 Å². The molecule has 6 heteroatoms. The number of ether oxygens (including phenoxy) is 2. The van der Waals surface area contributed by atoms with Crippen LogP contribution in [0.25, 0.3) is 0 Å². The zero-order valence-electron chi connectivity index (χ0n) is 12.7. The van der Waals surface area contributed by atoms with Gasteiger partial charge in [0, 0.05) is 13.0 Å². The fraction of sp³-hybridized carbons (Fsp3) is 0.562. The molecule has 22 heavy (non-hydrogen) atoms. The van der Waals surface area contributed by atoms with Crippen molar-refractivity contribution in [2.75, 3.05) is 19.8 Å². The number of rotatable bonds is 8. The van der Waals surface area contributed by atoms with E-state index in [2.05, 4.69) is 5.32 Å². The van der Waals surface area contributed by atoms with Crippen molar-refractivity contribution in [3.05, 3.63) is 22.7 Å². The predicted molar refractivity (Wildman–Crippen MR) is 86.4 cm³/mol. The first-order valence-electron chi connectivity index (χ1n) is 7.75. The molecule has 0 aliphatic carbocycles. The Morgan fingerprint density at radius 1 is 1.18 bits per heavy atom. The topological polar surface area (TPSA) is 73.6 Å². The number of amides is 1. The minimum absolute atomic E-state index is 0.0544. The summed E-state index contributed by atoms with van der Waals surface area (Å²) in [6.45, 7) is 2.18. The Morgan fingerprint density at radius 3 is 2.77 bits per heavy atom. The molecule has 1 aliphatic rings. The van der Waals surface area contributed by atoms with E-state index in [4.69, 9.17) is 26.8 Å². The molecule has 3 N–H and O–H groups in total. The summed E-state index contributed by atoms with van der Waals surface area (Å²) in [6.07, 6.45) is 4.59. The molecule has 0 saturated carbocycles. The van der Waals surface area contributed by atoms with Crippen LogP contribution in [0, 0.1) is 0 Å². The molecule has 122 valence electrons. The standard InChI is InChI=1S/C16H23ClN2O3/c17-13-9-12(10-14-16(13)22-8-7-21-14)11-19-15(20)5-3-1-2-4-6-18/h9-10H,1-8,11,18H2,(H,19,20). The average Bonchev–Trinajstić information content (AvgIpc) is 2.53. The molecule has 0 unspecified atom stereocenters. The highest BCUT2D eigenvalue weighted by molar-refractivity contribution is 6.32. The number of fused-ring (bicyclic) bond motifs is 1. The van der Waals surface area contributed by atoms with E-state index in [9.17, 15) is 4.79 Å². The van der Waals surface area contributed by atoms with Gasteiger partial charge in [0.2, 0.25) is 5.91 Å². The smallest absolute Gasteiger partial charge is 0.220 e. The van der Waals surface area contributed by atoms with Crippen molar-refractivity contribution in [2.45, 2.75) is 38.6 Å². The number of nitrogens with one attached hydrogen (secondary N) is 1. The Kier molecular flexibility index (Phi) is 6.80. The van der Waals surface area contributed by atoms with Crippen LogP contribution < -0.4 is 20.5 Å². The van der Waals surface area contributed by atoms with E-state index in [0.717, 1.165) is 37.8 Å². The molecule has 1 aromatic rings. The molecule has 0 radical (unpaired) electrons. The number of nitrogens with two attached hydrogens (primary N) is 1. The number of hydrogen-bond acceptors (Lipinski definition) is 4. The number of carbonyl (C=O) groups is 1. The Morgan fingerprint density at radius 2 is 1.95 bits per heavy atom. The lowest BCUT2D eigenvalue weighted by molar-refractivity contribution is -0.121. The molecule has 0 atom stereocenters. The second-order valence-corrected chi connectivity index (χ2v) is 5.74. The third kappa shape index (κ3) is 5.07. The van der Waals surface area contributed by atoms with Crippen molar-refractivity contribution < 1.29 is 14.3 Å². The lowest BCUT2D eigenvalue weighted by atomic mass is 10.1. The van der Waals surface area contributed by atoms with Crippen LogP contribution in [-0.4, -0.2) is 25.7 Å². The molecule has 5 nitrogen and oxygen atoms in total. The second-order valence-electron chi connectivity index (χ2n) is 5.33. The van der Waals surface area contributed by atoms with Gasteiger partial charge in [-0.1, -0.05) is 24.4 Å². The summed E-state index contributed by atoms with van der Waals surface area (Å²) in [7, 11) is 0. The first kappa shape index (κ1) is 16.9. The molecular formula is C16H23ClN2O3. The van der Waals surface area contributed by atoms with Crippen molar-refractivity contribution in [3.63, 3.8) is 0 Å². The lowest BCUT2D eigenvalue weighted by Crippen LogP contribution is -2.22. The highest BCUT2D eigenvalue weighted by Gasteiger charge is 2.16. The molecule has 0 spiro atoms. The Balaban J connectivity index is 1.77. The summed E-state index contributed by atoms with van der Waals surface area (Å²) in [5, 5.41) is 3.42. The number of carbonyl (C=O) groups excluding carboxylic acids is 1. The van der Waals surface area contributed by atoms with E-state index >= 15 is 0 Å². The molecule has 1 aliphatic heterocycles. The zero-order chi connectivity index (χ0) is 15.8. The van der Waals surface area contributed by atoms with Gasteiger partial charge < -0.3 is 20.5 Å². The Labute approximate surface area is 136 Å². The van der Waals surface area contributed by atoms with Gasteiger partial charge in [-0.2, -0.15) is 0 Å². The lowest BCUT2D eigenvalue weighted by Gasteiger charge is -2.20. The van der Waals surface area contributed by atoms with E-state index in [1.165, 1.54) is 0 Å². The fourth-order valence-corrected chi connectivity index (χ4v) is 2.63. The minimum Gasteiger partial charge on any atom is -0.486 e. The molecule has 1 amide bonds. The summed E-state index contributed by atoms with van der Waals surface area (Å²) in [5.74, 6) is 1.28. The number of halogens is 1. The van der Waals surface area contributed by atoms with Gasteiger partial charge in [0.05, 0.1) is 5.02 Å². The number of hydrogen-bond donors (Lipinski definition) is 2. The Bertz CT molecular complexity index is 508. The first-order valence-corrected chi connectivity index (χ1v) is 8.13. The van der Waals surface area contributed by atoms with Crippen LogP contribution in [0.15, 0.2) is 12.1 Å². The van der Waals surface area contributed by atoms with Crippen molar-refractivity contribution in [1.29, 1.82) is 0 Å². The van der Waals surface area contributed by atoms with Gasteiger partial charge in [-0.3, -0.25) is 4.79 Å². The summed E-state index contributed by atoms with van der Waals surface area (Å²) in [6, 6.07) is 3.67. The van der Waals surface area contributed by atoms with E-state index < -0.39 is 0 Å². The van der Waals surface area contributed by atoms with Gasteiger partial charge >= 0.3 is 0 Å². The van der Waals surface area contributed by atoms with Crippen LogP contribution in [0.4, 0.5) is 0 Å². The van der Waals surface area contributed by atoms with E-state index in [-0.39, 0.29) is 5.91 Å². The SMILES string of the molecule is NCCCCCCC(=O)NCc1cc(Cl)c2c(c1)OCCO2. The normalized spacial score (nSPS) is 13.0. The van der Waals surface area contributed by atoms with Gasteiger partial charge in [-0.15, -0.1) is 0 Å². The largest absolute Gasteiger partial charge is 0.486 e. The van der Waals surface area contributed by atoms with Crippen LogP contribution in [-0.2, 0) is 11.3 Å². The van der Waals surface area contributed by atoms with Crippen molar-refractivity contribution in [2.24, 2.45) is 5.73 Å². The average molecular weight is 327 g/mol. The third-order valence-electron chi connectivity index (χ3n) is 3.50. The van der Waals surface area contributed by atoms with E-state index in [0.29, 0.717) is 42.7 Å². The molecule has 0 saturated heterocycles. The van der Waals surface area contributed by atoms with Crippen LogP contribution in [0.1, 0.15) is 37.7 Å². The summed E-state index contributed by atoms with van der Waals surface area (Å²) >= 11 is 6.17. The maximum absolute atomic E-state index is 11.8. The van der Waals surface area contributed by atoms with E-state index in [1.807, 2.05) is 6.07 Å². The molecule has 2 rings (SSSR count). The quantitative estimate of drug-likeness (QED) is 0.720. The molecular weight excluding hydrogens is 304 g/mol. The fourth-order valence-electron chi connectivity index (χ4n) is 2.34. The van der Waals surface area contributed by atoms with Crippen molar-refractivity contribution in [1.82, 2.24) is 5.32 Å². The number of benzene rings is 1. The number of unbranched alkanes of at least 4 members (excludes halogenated alkanes) is 3. The predicted octanol–water partition coefficient (Wildman–Crippen LogP) is 2.64. The zero-order valence-corrected chi connectivity index (χ0v) is 13.5. The minimum atomic E-state index is 0.0544. The van der Waals surface area contributed by atoms with Crippen LogP contribution in [0.2, 0.25) is 5.02 Å². The van der Waals surface area contributed by atoms with Crippen LogP contribution in [0.5, 0.6) is 11.5 Å². The first-order chi connectivity index (χ1) is 10.7. The monoisotopic (exact) mass is 326 g/mol.